The number of hydrogen-bond acceptors (Lipinski definition) is 3. The molecule has 1 fully saturated rings. The van der Waals surface area contributed by atoms with Crippen LogP contribution >= 0.6 is 0 Å². The van der Waals surface area contributed by atoms with Crippen molar-refractivity contribution < 1.29 is 9.53 Å². The second kappa shape index (κ2) is 5.43. The number of hydrazine groups is 1. The molecular weight excluding hydrogens is 276 g/mol. The summed E-state index contributed by atoms with van der Waals surface area (Å²) >= 11 is 0. The van der Waals surface area contributed by atoms with Gasteiger partial charge in [0.1, 0.15) is 5.60 Å². The number of nitrogens with one attached hydrogen (secondary N) is 1. The molecule has 4 nitrogen and oxygen atoms in total. The summed E-state index contributed by atoms with van der Waals surface area (Å²) in [7, 11) is 0. The van der Waals surface area contributed by atoms with Gasteiger partial charge in [0.15, 0.2) is 0 Å². The van der Waals surface area contributed by atoms with Gasteiger partial charge >= 0.3 is 6.09 Å². The van der Waals surface area contributed by atoms with Crippen molar-refractivity contribution >= 4 is 12.2 Å². The largest absolute Gasteiger partial charge is 0.443 e. The van der Waals surface area contributed by atoms with Crippen LogP contribution in [0.3, 0.4) is 0 Å². The van der Waals surface area contributed by atoms with Crippen molar-refractivity contribution in [2.24, 2.45) is 0 Å². The van der Waals surface area contributed by atoms with Gasteiger partial charge in [0, 0.05) is 18.5 Å². The summed E-state index contributed by atoms with van der Waals surface area (Å²) in [6.07, 6.45) is 6.22. The summed E-state index contributed by atoms with van der Waals surface area (Å²) in [5, 5.41) is 1.97. The Morgan fingerprint density at radius 1 is 1.23 bits per heavy atom. The quantitative estimate of drug-likeness (QED) is 0.863. The lowest BCUT2D eigenvalue weighted by molar-refractivity contribution is 0.0264. The van der Waals surface area contributed by atoms with Gasteiger partial charge in [-0.3, -0.25) is 5.43 Å². The number of amides is 1. The second-order valence-electron chi connectivity index (χ2n) is 7.18. The fraction of sp³-hybridized carbons (Fsp3) is 0.500. The fourth-order valence-electron chi connectivity index (χ4n) is 3.32. The lowest BCUT2D eigenvalue weighted by Gasteiger charge is -2.39. The summed E-state index contributed by atoms with van der Waals surface area (Å²) in [5.41, 5.74) is 5.28. The molecule has 1 aliphatic heterocycles. The lowest BCUT2D eigenvalue weighted by atomic mass is 9.75. The normalized spacial score (nSPS) is 20.0. The molecule has 1 aromatic rings. The molecule has 2 aliphatic rings. The molecular formula is C18H24N2O2. The molecule has 1 spiro atoms. The van der Waals surface area contributed by atoms with Gasteiger partial charge in [-0.2, -0.15) is 0 Å². The van der Waals surface area contributed by atoms with E-state index in [1.54, 1.807) is 0 Å². The van der Waals surface area contributed by atoms with E-state index in [-0.39, 0.29) is 11.5 Å². The van der Waals surface area contributed by atoms with E-state index in [2.05, 4.69) is 41.8 Å². The minimum atomic E-state index is -0.464. The Labute approximate surface area is 132 Å². The molecule has 0 bridgehead atoms. The summed E-state index contributed by atoms with van der Waals surface area (Å²) in [4.78, 5) is 11.8. The van der Waals surface area contributed by atoms with E-state index < -0.39 is 5.60 Å². The molecule has 4 heteroatoms. The maximum Gasteiger partial charge on any atom is 0.422 e. The van der Waals surface area contributed by atoms with Crippen molar-refractivity contribution in [1.82, 2.24) is 10.4 Å². The van der Waals surface area contributed by atoms with Gasteiger partial charge in [0.25, 0.3) is 0 Å². The fourth-order valence-corrected chi connectivity index (χ4v) is 3.32. The molecule has 0 aromatic heterocycles. The van der Waals surface area contributed by atoms with Crippen molar-refractivity contribution in [3.8, 4) is 0 Å². The molecule has 118 valence electrons. The third-order valence-electron chi connectivity index (χ3n) is 4.38. The van der Waals surface area contributed by atoms with Crippen LogP contribution in [0.15, 0.2) is 30.3 Å². The predicted molar refractivity (Wildman–Crippen MR) is 87.3 cm³/mol. The zero-order valence-electron chi connectivity index (χ0n) is 13.6. The zero-order valence-corrected chi connectivity index (χ0v) is 13.6. The van der Waals surface area contributed by atoms with Crippen LogP contribution in [0.4, 0.5) is 4.79 Å². The first-order chi connectivity index (χ1) is 10.4. The van der Waals surface area contributed by atoms with Gasteiger partial charge in [-0.25, -0.2) is 9.80 Å². The Bertz CT molecular complexity index is 593. The van der Waals surface area contributed by atoms with Crippen molar-refractivity contribution in [3.63, 3.8) is 0 Å². The van der Waals surface area contributed by atoms with E-state index in [0.717, 1.165) is 25.9 Å². The minimum absolute atomic E-state index is 0.142. The number of piperidine rings is 1. The summed E-state index contributed by atoms with van der Waals surface area (Å²) in [5.74, 6) is 0. The number of rotatable bonds is 1. The van der Waals surface area contributed by atoms with Gasteiger partial charge in [-0.1, -0.05) is 36.4 Å². The number of ether oxygens (including phenoxy) is 1. The van der Waals surface area contributed by atoms with Gasteiger partial charge in [-0.15, -0.1) is 0 Å². The van der Waals surface area contributed by atoms with E-state index in [0.29, 0.717) is 0 Å². The number of carbonyl (C=O) groups is 1. The Hall–Kier alpha value is -1.81. The van der Waals surface area contributed by atoms with Gasteiger partial charge in [0.2, 0.25) is 0 Å². The standard InChI is InChI=1S/C18H24N2O2/c1-17(2,3)22-16(21)19-20-12-10-18(11-13-20)9-8-14-6-4-5-7-15(14)18/h4-9H,10-13H2,1-3H3,(H,19,21). The molecule has 1 aromatic carbocycles. The lowest BCUT2D eigenvalue weighted by Crippen LogP contribution is -2.51. The summed E-state index contributed by atoms with van der Waals surface area (Å²) in [6, 6.07) is 8.60. The number of carbonyl (C=O) groups excluding carboxylic acids is 1. The summed E-state index contributed by atoms with van der Waals surface area (Å²) < 4.78 is 5.31. The van der Waals surface area contributed by atoms with Gasteiger partial charge in [0.05, 0.1) is 0 Å². The molecule has 3 rings (SSSR count). The van der Waals surface area contributed by atoms with Crippen LogP contribution in [-0.2, 0) is 10.2 Å². The van der Waals surface area contributed by atoms with Crippen molar-refractivity contribution in [3.05, 3.63) is 41.5 Å². The molecule has 0 unspecified atom stereocenters. The van der Waals surface area contributed by atoms with E-state index in [1.807, 2.05) is 25.8 Å². The smallest absolute Gasteiger partial charge is 0.422 e. The Balaban J connectivity index is 1.60. The molecule has 1 amide bonds. The maximum atomic E-state index is 11.8. The van der Waals surface area contributed by atoms with Crippen LogP contribution in [0.2, 0.25) is 0 Å². The molecule has 1 heterocycles. The van der Waals surface area contributed by atoms with Gasteiger partial charge in [-0.05, 0) is 44.7 Å². The Morgan fingerprint density at radius 2 is 1.91 bits per heavy atom. The number of nitrogens with zero attached hydrogens (tertiary/aromatic N) is 1. The number of allylic oxidation sites excluding steroid dienone is 1. The van der Waals surface area contributed by atoms with Crippen LogP contribution in [0.5, 0.6) is 0 Å². The third kappa shape index (κ3) is 3.02. The zero-order chi connectivity index (χ0) is 15.8. The van der Waals surface area contributed by atoms with E-state index in [9.17, 15) is 4.79 Å². The first-order valence-electron chi connectivity index (χ1n) is 7.91. The third-order valence-corrected chi connectivity index (χ3v) is 4.38. The Kier molecular flexibility index (Phi) is 3.73. The highest BCUT2D eigenvalue weighted by atomic mass is 16.6. The van der Waals surface area contributed by atoms with Crippen LogP contribution < -0.4 is 5.43 Å². The maximum absolute atomic E-state index is 11.8. The highest BCUT2D eigenvalue weighted by Gasteiger charge is 2.38. The molecule has 22 heavy (non-hydrogen) atoms. The molecule has 0 radical (unpaired) electrons. The second-order valence-corrected chi connectivity index (χ2v) is 7.18. The Morgan fingerprint density at radius 3 is 2.59 bits per heavy atom. The number of hydrogen-bond donors (Lipinski definition) is 1. The SMILES string of the molecule is CC(C)(C)OC(=O)NN1CCC2(C=Cc3ccccc32)CC1. The number of fused-ring (bicyclic) bond motifs is 2. The molecule has 1 N–H and O–H groups in total. The van der Waals surface area contributed by atoms with Crippen molar-refractivity contribution in [2.75, 3.05) is 13.1 Å². The van der Waals surface area contributed by atoms with E-state index in [4.69, 9.17) is 4.74 Å². The van der Waals surface area contributed by atoms with Crippen LogP contribution in [0.1, 0.15) is 44.7 Å². The average molecular weight is 300 g/mol. The topological polar surface area (TPSA) is 41.6 Å². The van der Waals surface area contributed by atoms with Crippen LogP contribution in [0, 0.1) is 0 Å². The molecule has 0 saturated carbocycles. The first kappa shape index (κ1) is 15.1. The van der Waals surface area contributed by atoms with Crippen molar-refractivity contribution in [1.29, 1.82) is 0 Å². The highest BCUT2D eigenvalue weighted by Crippen LogP contribution is 2.43. The first-order valence-corrected chi connectivity index (χ1v) is 7.91. The molecule has 1 aliphatic carbocycles. The minimum Gasteiger partial charge on any atom is -0.443 e. The van der Waals surface area contributed by atoms with E-state index in [1.165, 1.54) is 11.1 Å². The highest BCUT2D eigenvalue weighted by molar-refractivity contribution is 5.67. The average Bonchev–Trinajstić information content (AvgIpc) is 2.79. The predicted octanol–water partition coefficient (Wildman–Crippen LogP) is 3.49. The molecule has 1 saturated heterocycles. The van der Waals surface area contributed by atoms with E-state index >= 15 is 0 Å². The molecule has 0 atom stereocenters. The summed E-state index contributed by atoms with van der Waals surface area (Å²) in [6.45, 7) is 7.28. The van der Waals surface area contributed by atoms with Crippen LogP contribution in [0.25, 0.3) is 6.08 Å². The van der Waals surface area contributed by atoms with Crippen molar-refractivity contribution in [2.45, 2.75) is 44.6 Å². The monoisotopic (exact) mass is 300 g/mol. The number of benzene rings is 1. The van der Waals surface area contributed by atoms with Gasteiger partial charge < -0.3 is 4.74 Å². The van der Waals surface area contributed by atoms with Crippen LogP contribution in [-0.4, -0.2) is 29.8 Å².